The lowest BCUT2D eigenvalue weighted by Gasteiger charge is -2.22. The number of pyridine rings is 1. The smallest absolute Gasteiger partial charge is 0.422 e. The summed E-state index contributed by atoms with van der Waals surface area (Å²) in [6, 6.07) is 1.43. The van der Waals surface area contributed by atoms with E-state index in [1.165, 1.54) is 6.20 Å². The SMILES string of the molecule is Cc1cc([C@@H](C)NS(=O)C(C)(C)C)cnc1OCC(F)(F)F. The summed E-state index contributed by atoms with van der Waals surface area (Å²) in [6.07, 6.45) is -2.97. The van der Waals surface area contributed by atoms with Crippen LogP contribution in [-0.2, 0) is 11.0 Å². The molecule has 2 atom stereocenters. The molecule has 0 fully saturated rings. The molecule has 1 N–H and O–H groups in total. The number of nitrogens with one attached hydrogen (secondary N) is 1. The van der Waals surface area contributed by atoms with Gasteiger partial charge in [0.1, 0.15) is 0 Å². The second kappa shape index (κ2) is 6.95. The van der Waals surface area contributed by atoms with E-state index < -0.39 is 28.5 Å². The van der Waals surface area contributed by atoms with Crippen LogP contribution in [0.25, 0.3) is 0 Å². The van der Waals surface area contributed by atoms with E-state index in [4.69, 9.17) is 0 Å². The molecular weight excluding hydrogens is 317 g/mol. The van der Waals surface area contributed by atoms with E-state index in [-0.39, 0.29) is 11.9 Å². The molecule has 22 heavy (non-hydrogen) atoms. The Balaban J connectivity index is 2.78. The number of halogens is 3. The van der Waals surface area contributed by atoms with E-state index in [1.807, 2.05) is 27.7 Å². The summed E-state index contributed by atoms with van der Waals surface area (Å²) in [5.74, 6) is -0.0507. The molecule has 0 spiro atoms. The minimum Gasteiger partial charge on any atom is -0.468 e. The van der Waals surface area contributed by atoms with Crippen molar-refractivity contribution in [3.05, 3.63) is 23.4 Å². The summed E-state index contributed by atoms with van der Waals surface area (Å²) in [5, 5.41) is 0. The van der Waals surface area contributed by atoms with Gasteiger partial charge >= 0.3 is 6.18 Å². The molecule has 0 aromatic carbocycles. The van der Waals surface area contributed by atoms with Crippen LogP contribution in [-0.4, -0.2) is 26.7 Å². The summed E-state index contributed by atoms with van der Waals surface area (Å²) < 4.78 is 55.7. The van der Waals surface area contributed by atoms with Crippen LogP contribution in [0.3, 0.4) is 0 Å². The number of ether oxygens (including phenoxy) is 1. The number of hydrogen-bond donors (Lipinski definition) is 1. The van der Waals surface area contributed by atoms with Gasteiger partial charge in [0.15, 0.2) is 6.61 Å². The van der Waals surface area contributed by atoms with Crippen molar-refractivity contribution in [3.63, 3.8) is 0 Å². The Labute approximate surface area is 131 Å². The summed E-state index contributed by atoms with van der Waals surface area (Å²) >= 11 is 0. The molecule has 1 unspecified atom stereocenters. The summed E-state index contributed by atoms with van der Waals surface area (Å²) in [5.41, 5.74) is 1.23. The maximum Gasteiger partial charge on any atom is 0.422 e. The standard InChI is InChI=1S/C14H21F3N2O2S/c1-9-6-11(10(2)19-22(20)13(3,4)5)7-18-12(9)21-8-14(15,16)17/h6-7,10,19H,8H2,1-5H3/t10-,22?/m1/s1. The van der Waals surface area contributed by atoms with Gasteiger partial charge in [0, 0.05) is 17.8 Å². The van der Waals surface area contributed by atoms with Crippen LogP contribution in [0.5, 0.6) is 5.88 Å². The minimum atomic E-state index is -4.40. The summed E-state index contributed by atoms with van der Waals surface area (Å²) in [4.78, 5) is 3.91. The number of rotatable bonds is 5. The largest absolute Gasteiger partial charge is 0.468 e. The fourth-order valence-corrected chi connectivity index (χ4v) is 2.34. The topological polar surface area (TPSA) is 51.2 Å². The highest BCUT2D eigenvalue weighted by molar-refractivity contribution is 7.84. The van der Waals surface area contributed by atoms with Crippen LogP contribution in [0.15, 0.2) is 12.3 Å². The normalized spacial score (nSPS) is 15.5. The van der Waals surface area contributed by atoms with Gasteiger partial charge < -0.3 is 4.74 Å². The Bertz CT molecular complexity index is 542. The third kappa shape index (κ3) is 5.92. The van der Waals surface area contributed by atoms with Crippen molar-refractivity contribution in [2.24, 2.45) is 0 Å². The van der Waals surface area contributed by atoms with Gasteiger partial charge in [-0.05, 0) is 46.2 Å². The van der Waals surface area contributed by atoms with E-state index in [0.717, 1.165) is 5.56 Å². The van der Waals surface area contributed by atoms with Crippen molar-refractivity contribution >= 4 is 11.0 Å². The Morgan fingerprint density at radius 2 is 1.95 bits per heavy atom. The highest BCUT2D eigenvalue weighted by Crippen LogP contribution is 2.23. The number of hydrogen-bond acceptors (Lipinski definition) is 3. The maximum absolute atomic E-state index is 12.1. The molecule has 1 aromatic rings. The van der Waals surface area contributed by atoms with Crippen molar-refractivity contribution in [1.82, 2.24) is 9.71 Å². The lowest BCUT2D eigenvalue weighted by Crippen LogP contribution is -2.34. The van der Waals surface area contributed by atoms with E-state index >= 15 is 0 Å². The van der Waals surface area contributed by atoms with Crippen molar-refractivity contribution in [2.45, 2.75) is 51.6 Å². The molecule has 0 aliphatic carbocycles. The monoisotopic (exact) mass is 338 g/mol. The van der Waals surface area contributed by atoms with Crippen LogP contribution >= 0.6 is 0 Å². The van der Waals surface area contributed by atoms with Crippen molar-refractivity contribution in [3.8, 4) is 5.88 Å². The van der Waals surface area contributed by atoms with Crippen molar-refractivity contribution in [2.75, 3.05) is 6.61 Å². The molecule has 0 amide bonds. The molecule has 0 aliphatic heterocycles. The first-order valence-corrected chi connectivity index (χ1v) is 7.89. The summed E-state index contributed by atoms with van der Waals surface area (Å²) in [6.45, 7) is 7.61. The first-order valence-electron chi connectivity index (χ1n) is 6.74. The fourth-order valence-electron chi connectivity index (χ4n) is 1.53. The van der Waals surface area contributed by atoms with Gasteiger partial charge in [0.05, 0.1) is 15.7 Å². The van der Waals surface area contributed by atoms with E-state index in [9.17, 15) is 17.4 Å². The zero-order valence-corrected chi connectivity index (χ0v) is 14.1. The number of aryl methyl sites for hydroxylation is 1. The molecule has 1 rings (SSSR count). The van der Waals surface area contributed by atoms with E-state index in [2.05, 4.69) is 14.4 Å². The molecule has 8 heteroatoms. The lowest BCUT2D eigenvalue weighted by atomic mass is 10.1. The second-order valence-corrected chi connectivity index (χ2v) is 8.01. The van der Waals surface area contributed by atoms with Gasteiger partial charge in [-0.3, -0.25) is 0 Å². The molecule has 1 aromatic heterocycles. The van der Waals surface area contributed by atoms with E-state index in [1.54, 1.807) is 13.0 Å². The Kier molecular flexibility index (Phi) is 5.97. The number of alkyl halides is 3. The quantitative estimate of drug-likeness (QED) is 0.895. The Morgan fingerprint density at radius 1 is 1.36 bits per heavy atom. The molecule has 0 saturated carbocycles. The van der Waals surface area contributed by atoms with Gasteiger partial charge in [0.25, 0.3) is 0 Å². The predicted octanol–water partition coefficient (Wildman–Crippen LogP) is 3.44. The van der Waals surface area contributed by atoms with Gasteiger partial charge in [-0.1, -0.05) is 0 Å². The van der Waals surface area contributed by atoms with Crippen LogP contribution in [0.4, 0.5) is 13.2 Å². The third-order valence-corrected chi connectivity index (χ3v) is 4.44. The molecule has 1 heterocycles. The predicted molar refractivity (Wildman–Crippen MR) is 80.0 cm³/mol. The highest BCUT2D eigenvalue weighted by Gasteiger charge is 2.29. The Morgan fingerprint density at radius 3 is 2.41 bits per heavy atom. The second-order valence-electron chi connectivity index (χ2n) is 6.02. The molecule has 0 aliphatic rings. The van der Waals surface area contributed by atoms with Crippen LogP contribution in [0, 0.1) is 6.92 Å². The first-order chi connectivity index (χ1) is 9.90. The maximum atomic E-state index is 12.1. The zero-order chi connectivity index (χ0) is 17.1. The van der Waals surface area contributed by atoms with Crippen molar-refractivity contribution < 1.29 is 22.1 Å². The van der Waals surface area contributed by atoms with E-state index in [0.29, 0.717) is 5.56 Å². The molecule has 4 nitrogen and oxygen atoms in total. The highest BCUT2D eigenvalue weighted by atomic mass is 32.2. The Hall–Kier alpha value is -1.15. The van der Waals surface area contributed by atoms with Crippen LogP contribution in [0.1, 0.15) is 44.9 Å². The number of aromatic nitrogens is 1. The molecule has 0 saturated heterocycles. The fraction of sp³-hybridized carbons (Fsp3) is 0.643. The number of nitrogens with zero attached hydrogens (tertiary/aromatic N) is 1. The van der Waals surface area contributed by atoms with Crippen LogP contribution < -0.4 is 9.46 Å². The molecule has 126 valence electrons. The lowest BCUT2D eigenvalue weighted by molar-refractivity contribution is -0.154. The van der Waals surface area contributed by atoms with Crippen LogP contribution in [0.2, 0.25) is 0 Å². The van der Waals surface area contributed by atoms with Crippen molar-refractivity contribution in [1.29, 1.82) is 0 Å². The van der Waals surface area contributed by atoms with Gasteiger partial charge in [-0.15, -0.1) is 0 Å². The summed E-state index contributed by atoms with van der Waals surface area (Å²) in [7, 11) is -1.25. The van der Waals surface area contributed by atoms with Gasteiger partial charge in [-0.2, -0.15) is 13.2 Å². The average Bonchev–Trinajstić information content (AvgIpc) is 2.34. The molecule has 0 bridgehead atoms. The zero-order valence-electron chi connectivity index (χ0n) is 13.2. The van der Waals surface area contributed by atoms with Gasteiger partial charge in [0.2, 0.25) is 5.88 Å². The molecule has 0 radical (unpaired) electrons. The molecular formula is C14H21F3N2O2S. The van der Waals surface area contributed by atoms with Gasteiger partial charge in [-0.25, -0.2) is 13.9 Å². The third-order valence-electron chi connectivity index (χ3n) is 2.76. The minimum absolute atomic E-state index is 0.0507. The average molecular weight is 338 g/mol. The first kappa shape index (κ1) is 18.9.